The topological polar surface area (TPSA) is 29.8 Å². The Bertz CT molecular complexity index is 549. The number of imidazole rings is 1. The lowest BCUT2D eigenvalue weighted by Crippen LogP contribution is -2.22. The Hall–Kier alpha value is -1.55. The zero-order valence-corrected chi connectivity index (χ0v) is 11.0. The van der Waals surface area contributed by atoms with Crippen molar-refractivity contribution in [2.24, 2.45) is 0 Å². The molecule has 0 N–H and O–H groups in total. The molecule has 1 unspecified atom stereocenters. The summed E-state index contributed by atoms with van der Waals surface area (Å²) in [5.74, 6) is 0.840. The third-order valence-corrected chi connectivity index (χ3v) is 3.79. The van der Waals surface area contributed by atoms with Crippen LogP contribution in [0.25, 0.3) is 5.65 Å². The van der Waals surface area contributed by atoms with Crippen molar-refractivity contribution in [1.29, 1.82) is 0 Å². The molecule has 1 fully saturated rings. The Morgan fingerprint density at radius 3 is 3.11 bits per heavy atom. The SMILES string of the molecule is CCN1CCCC1c1cn2c(OC)cccc2n1. The van der Waals surface area contributed by atoms with Gasteiger partial charge in [-0.05, 0) is 38.1 Å². The Morgan fingerprint density at radius 1 is 1.44 bits per heavy atom. The number of nitrogens with zero attached hydrogens (tertiary/aromatic N) is 3. The maximum atomic E-state index is 5.37. The maximum Gasteiger partial charge on any atom is 0.198 e. The van der Waals surface area contributed by atoms with Crippen molar-refractivity contribution in [3.63, 3.8) is 0 Å². The molecule has 3 heterocycles. The average molecular weight is 245 g/mol. The van der Waals surface area contributed by atoms with Crippen LogP contribution in [0.2, 0.25) is 0 Å². The van der Waals surface area contributed by atoms with Gasteiger partial charge in [0, 0.05) is 6.20 Å². The average Bonchev–Trinajstić information content (AvgIpc) is 3.03. The van der Waals surface area contributed by atoms with Gasteiger partial charge in [-0.15, -0.1) is 0 Å². The molecule has 1 atom stereocenters. The Balaban J connectivity index is 2.03. The lowest BCUT2D eigenvalue weighted by Gasteiger charge is -2.20. The minimum absolute atomic E-state index is 0.472. The normalized spacial score (nSPS) is 20.7. The summed E-state index contributed by atoms with van der Waals surface area (Å²) in [4.78, 5) is 7.24. The third-order valence-electron chi connectivity index (χ3n) is 3.79. The van der Waals surface area contributed by atoms with E-state index < -0.39 is 0 Å². The van der Waals surface area contributed by atoms with Crippen LogP contribution >= 0.6 is 0 Å². The molecule has 4 nitrogen and oxygen atoms in total. The van der Waals surface area contributed by atoms with E-state index >= 15 is 0 Å². The number of rotatable bonds is 3. The van der Waals surface area contributed by atoms with Gasteiger partial charge in [-0.25, -0.2) is 4.98 Å². The molecule has 2 aromatic heterocycles. The molecule has 96 valence electrons. The van der Waals surface area contributed by atoms with Gasteiger partial charge >= 0.3 is 0 Å². The highest BCUT2D eigenvalue weighted by atomic mass is 16.5. The van der Waals surface area contributed by atoms with Gasteiger partial charge in [0.15, 0.2) is 5.88 Å². The van der Waals surface area contributed by atoms with Crippen molar-refractivity contribution < 1.29 is 4.74 Å². The van der Waals surface area contributed by atoms with Gasteiger partial charge in [-0.1, -0.05) is 13.0 Å². The maximum absolute atomic E-state index is 5.37. The van der Waals surface area contributed by atoms with Gasteiger partial charge < -0.3 is 4.74 Å². The third kappa shape index (κ3) is 1.77. The minimum Gasteiger partial charge on any atom is -0.482 e. The van der Waals surface area contributed by atoms with Crippen molar-refractivity contribution >= 4 is 5.65 Å². The lowest BCUT2D eigenvalue weighted by atomic mass is 10.1. The van der Waals surface area contributed by atoms with Crippen LogP contribution in [0.1, 0.15) is 31.5 Å². The molecule has 2 aromatic rings. The van der Waals surface area contributed by atoms with Crippen molar-refractivity contribution in [2.45, 2.75) is 25.8 Å². The number of hydrogen-bond acceptors (Lipinski definition) is 3. The molecule has 1 aliphatic heterocycles. The van der Waals surface area contributed by atoms with Crippen LogP contribution < -0.4 is 4.74 Å². The molecule has 4 heteroatoms. The standard InChI is InChI=1S/C14H19N3O/c1-3-16-9-5-6-12(16)11-10-17-13(15-11)7-4-8-14(17)18-2/h4,7-8,10,12H,3,5-6,9H2,1-2H3. The summed E-state index contributed by atoms with van der Waals surface area (Å²) in [6.07, 6.45) is 4.59. The first kappa shape index (κ1) is 11.5. The fraction of sp³-hybridized carbons (Fsp3) is 0.500. The predicted molar refractivity (Wildman–Crippen MR) is 71.0 cm³/mol. The van der Waals surface area contributed by atoms with Gasteiger partial charge in [0.05, 0.1) is 18.8 Å². The molecule has 0 amide bonds. The molecule has 1 saturated heterocycles. The van der Waals surface area contributed by atoms with E-state index in [0.717, 1.165) is 18.1 Å². The molecule has 18 heavy (non-hydrogen) atoms. The van der Waals surface area contributed by atoms with E-state index in [1.165, 1.54) is 25.1 Å². The van der Waals surface area contributed by atoms with Gasteiger partial charge in [-0.3, -0.25) is 9.30 Å². The molecule has 0 aliphatic carbocycles. The lowest BCUT2D eigenvalue weighted by molar-refractivity contribution is 0.267. The molecule has 3 rings (SSSR count). The van der Waals surface area contributed by atoms with E-state index in [1.54, 1.807) is 7.11 Å². The molecule has 0 bridgehead atoms. The minimum atomic E-state index is 0.472. The van der Waals surface area contributed by atoms with E-state index in [9.17, 15) is 0 Å². The fourth-order valence-corrected chi connectivity index (χ4v) is 2.87. The zero-order valence-electron chi connectivity index (χ0n) is 11.0. The number of hydrogen-bond donors (Lipinski definition) is 0. The summed E-state index contributed by atoms with van der Waals surface area (Å²) in [6, 6.07) is 6.44. The second-order valence-electron chi connectivity index (χ2n) is 4.75. The molecule has 0 radical (unpaired) electrons. The molecular weight excluding hydrogens is 226 g/mol. The number of aromatic nitrogens is 2. The van der Waals surface area contributed by atoms with E-state index in [2.05, 4.69) is 18.0 Å². The quantitative estimate of drug-likeness (QED) is 0.832. The van der Waals surface area contributed by atoms with Crippen LogP contribution in [-0.4, -0.2) is 34.5 Å². The predicted octanol–water partition coefficient (Wildman–Crippen LogP) is 2.50. The van der Waals surface area contributed by atoms with Gasteiger partial charge in [0.25, 0.3) is 0 Å². The molecule has 0 aromatic carbocycles. The van der Waals surface area contributed by atoms with E-state index in [0.29, 0.717) is 6.04 Å². The Labute approximate surface area is 107 Å². The van der Waals surface area contributed by atoms with Crippen LogP contribution in [0.5, 0.6) is 5.88 Å². The van der Waals surface area contributed by atoms with Gasteiger partial charge in [0.2, 0.25) is 0 Å². The monoisotopic (exact) mass is 245 g/mol. The van der Waals surface area contributed by atoms with Crippen LogP contribution in [0.4, 0.5) is 0 Å². The van der Waals surface area contributed by atoms with Crippen molar-refractivity contribution in [3.05, 3.63) is 30.1 Å². The summed E-state index contributed by atoms with van der Waals surface area (Å²) in [7, 11) is 1.70. The van der Waals surface area contributed by atoms with Crippen molar-refractivity contribution in [3.8, 4) is 5.88 Å². The second-order valence-corrected chi connectivity index (χ2v) is 4.75. The largest absolute Gasteiger partial charge is 0.482 e. The first-order valence-electron chi connectivity index (χ1n) is 6.59. The summed E-state index contributed by atoms with van der Waals surface area (Å²) >= 11 is 0. The van der Waals surface area contributed by atoms with E-state index in [4.69, 9.17) is 9.72 Å². The summed E-state index contributed by atoms with van der Waals surface area (Å²) in [5.41, 5.74) is 2.13. The summed E-state index contributed by atoms with van der Waals surface area (Å²) in [5, 5.41) is 0. The highest BCUT2D eigenvalue weighted by molar-refractivity contribution is 5.44. The van der Waals surface area contributed by atoms with Crippen molar-refractivity contribution in [1.82, 2.24) is 14.3 Å². The molecule has 0 spiro atoms. The first-order chi connectivity index (χ1) is 8.83. The highest BCUT2D eigenvalue weighted by Crippen LogP contribution is 2.31. The molecule has 0 saturated carbocycles. The van der Waals surface area contributed by atoms with Gasteiger partial charge in [0.1, 0.15) is 5.65 Å². The Morgan fingerprint density at radius 2 is 2.33 bits per heavy atom. The highest BCUT2D eigenvalue weighted by Gasteiger charge is 2.26. The zero-order chi connectivity index (χ0) is 12.5. The fourth-order valence-electron chi connectivity index (χ4n) is 2.87. The van der Waals surface area contributed by atoms with Crippen molar-refractivity contribution in [2.75, 3.05) is 20.2 Å². The first-order valence-corrected chi connectivity index (χ1v) is 6.59. The number of fused-ring (bicyclic) bond motifs is 1. The summed E-state index contributed by atoms with van der Waals surface area (Å²) in [6.45, 7) is 4.50. The number of ether oxygens (including phenoxy) is 1. The Kier molecular flexibility index (Phi) is 2.96. The summed E-state index contributed by atoms with van der Waals surface area (Å²) < 4.78 is 7.40. The van der Waals surface area contributed by atoms with Crippen LogP contribution in [0.3, 0.4) is 0 Å². The van der Waals surface area contributed by atoms with E-state index in [-0.39, 0.29) is 0 Å². The number of likely N-dealkylation sites (tertiary alicyclic amines) is 1. The van der Waals surface area contributed by atoms with Crippen LogP contribution in [0, 0.1) is 0 Å². The number of pyridine rings is 1. The smallest absolute Gasteiger partial charge is 0.198 e. The molecule has 1 aliphatic rings. The van der Waals surface area contributed by atoms with Crippen LogP contribution in [0.15, 0.2) is 24.4 Å². The second kappa shape index (κ2) is 4.61. The number of methoxy groups -OCH3 is 1. The van der Waals surface area contributed by atoms with Gasteiger partial charge in [-0.2, -0.15) is 0 Å². The van der Waals surface area contributed by atoms with Crippen LogP contribution in [-0.2, 0) is 0 Å². The molecular formula is C14H19N3O. The van der Waals surface area contributed by atoms with E-state index in [1.807, 2.05) is 22.6 Å².